The highest BCUT2D eigenvalue weighted by Crippen LogP contribution is 2.22. The monoisotopic (exact) mass is 309 g/mol. The van der Waals surface area contributed by atoms with E-state index in [4.69, 9.17) is 5.11 Å². The minimum absolute atomic E-state index is 0.0355. The van der Waals surface area contributed by atoms with Gasteiger partial charge in [0, 0.05) is 25.1 Å². The third kappa shape index (κ3) is 4.31. The summed E-state index contributed by atoms with van der Waals surface area (Å²) in [7, 11) is -1.99. The molecule has 0 aliphatic rings. The minimum atomic E-state index is -3.58. The quantitative estimate of drug-likeness (QED) is 0.847. The van der Waals surface area contributed by atoms with Gasteiger partial charge < -0.3 is 5.11 Å². The Kier molecular flexibility index (Phi) is 6.41. The van der Waals surface area contributed by atoms with Gasteiger partial charge in [0.25, 0.3) is 0 Å². The van der Waals surface area contributed by atoms with E-state index in [-0.39, 0.29) is 23.5 Å². The van der Waals surface area contributed by atoms with Crippen molar-refractivity contribution in [3.63, 3.8) is 0 Å². The van der Waals surface area contributed by atoms with Crippen molar-refractivity contribution >= 4 is 10.0 Å². The fourth-order valence-corrected chi connectivity index (χ4v) is 3.44. The predicted molar refractivity (Wildman–Crippen MR) is 84.3 cm³/mol. The maximum absolute atomic E-state index is 12.7. The van der Waals surface area contributed by atoms with Gasteiger partial charge in [-0.05, 0) is 25.0 Å². The van der Waals surface area contributed by atoms with Crippen molar-refractivity contribution in [2.24, 2.45) is 5.92 Å². The lowest BCUT2D eigenvalue weighted by molar-refractivity contribution is 0.305. The first kappa shape index (κ1) is 17.7. The molecule has 21 heavy (non-hydrogen) atoms. The van der Waals surface area contributed by atoms with Gasteiger partial charge in [0.05, 0.1) is 11.5 Å². The van der Waals surface area contributed by atoms with Gasteiger partial charge in [-0.25, -0.2) is 8.42 Å². The van der Waals surface area contributed by atoms with Crippen molar-refractivity contribution in [1.29, 1.82) is 0 Å². The van der Waals surface area contributed by atoms with Crippen molar-refractivity contribution in [2.75, 3.05) is 13.7 Å². The van der Waals surface area contributed by atoms with E-state index >= 15 is 0 Å². The fourth-order valence-electron chi connectivity index (χ4n) is 1.80. The summed E-state index contributed by atoms with van der Waals surface area (Å²) in [6.07, 6.45) is 0.326. The molecule has 0 radical (unpaired) electrons. The van der Waals surface area contributed by atoms with Crippen LogP contribution in [0.3, 0.4) is 0 Å². The molecule has 5 heteroatoms. The van der Waals surface area contributed by atoms with Crippen molar-refractivity contribution < 1.29 is 13.5 Å². The first-order chi connectivity index (χ1) is 9.82. The summed E-state index contributed by atoms with van der Waals surface area (Å²) in [5.74, 6) is 5.82. The lowest BCUT2D eigenvalue weighted by Crippen LogP contribution is -2.38. The van der Waals surface area contributed by atoms with Crippen LogP contribution in [0, 0.1) is 17.8 Å². The molecule has 1 N–H and O–H groups in total. The van der Waals surface area contributed by atoms with Gasteiger partial charge in [-0.2, -0.15) is 4.31 Å². The molecule has 0 heterocycles. The van der Waals surface area contributed by atoms with E-state index in [0.717, 1.165) is 0 Å². The van der Waals surface area contributed by atoms with Crippen LogP contribution in [0.5, 0.6) is 0 Å². The average Bonchev–Trinajstić information content (AvgIpc) is 2.46. The molecule has 0 amide bonds. The Morgan fingerprint density at radius 3 is 2.43 bits per heavy atom. The van der Waals surface area contributed by atoms with Crippen LogP contribution >= 0.6 is 0 Å². The SMILES string of the molecule is CC(C)C(C)N(C)S(=O)(=O)c1ccccc1C#CCCO. The van der Waals surface area contributed by atoms with Crippen LogP contribution in [0.1, 0.15) is 32.8 Å². The molecular formula is C16H23NO3S. The van der Waals surface area contributed by atoms with Crippen LogP contribution in [0.2, 0.25) is 0 Å². The number of hydrogen-bond donors (Lipinski definition) is 1. The van der Waals surface area contributed by atoms with E-state index in [9.17, 15) is 8.42 Å². The second-order valence-electron chi connectivity index (χ2n) is 5.28. The fraction of sp³-hybridized carbons (Fsp3) is 0.500. The van der Waals surface area contributed by atoms with Crippen LogP contribution in [0.4, 0.5) is 0 Å². The van der Waals surface area contributed by atoms with E-state index in [0.29, 0.717) is 12.0 Å². The molecule has 0 aliphatic heterocycles. The molecular weight excluding hydrogens is 286 g/mol. The standard InChI is InChI=1S/C16H23NO3S/c1-13(2)14(3)17(4)21(19,20)16-11-6-5-9-15(16)10-7-8-12-18/h5-6,9,11,13-14,18H,8,12H2,1-4H3. The first-order valence-corrected chi connectivity index (χ1v) is 8.43. The average molecular weight is 309 g/mol. The molecule has 1 unspecified atom stereocenters. The van der Waals surface area contributed by atoms with Crippen LogP contribution < -0.4 is 0 Å². The van der Waals surface area contributed by atoms with Crippen LogP contribution in [0.25, 0.3) is 0 Å². The van der Waals surface area contributed by atoms with E-state index in [2.05, 4.69) is 11.8 Å². The molecule has 4 nitrogen and oxygen atoms in total. The molecule has 0 spiro atoms. The zero-order valence-corrected chi connectivity index (χ0v) is 13.8. The van der Waals surface area contributed by atoms with E-state index < -0.39 is 10.0 Å². The van der Waals surface area contributed by atoms with Gasteiger partial charge in [-0.1, -0.05) is 37.8 Å². The zero-order valence-electron chi connectivity index (χ0n) is 13.0. The summed E-state index contributed by atoms with van der Waals surface area (Å²) < 4.78 is 26.9. The predicted octanol–water partition coefficient (Wildman–Crippen LogP) is 2.09. The maximum Gasteiger partial charge on any atom is 0.244 e. The van der Waals surface area contributed by atoms with Gasteiger partial charge in [-0.3, -0.25) is 0 Å². The Bertz CT molecular complexity index is 626. The minimum Gasteiger partial charge on any atom is -0.395 e. The second-order valence-corrected chi connectivity index (χ2v) is 7.24. The Balaban J connectivity index is 3.24. The molecule has 1 aromatic carbocycles. The topological polar surface area (TPSA) is 57.6 Å². The summed E-state index contributed by atoms with van der Waals surface area (Å²) in [6, 6.07) is 6.60. The Hall–Kier alpha value is -1.35. The lowest BCUT2D eigenvalue weighted by Gasteiger charge is -2.27. The van der Waals surface area contributed by atoms with Crippen molar-refractivity contribution in [3.05, 3.63) is 29.8 Å². The molecule has 1 atom stereocenters. The molecule has 0 fully saturated rings. The summed E-state index contributed by atoms with van der Waals surface area (Å²) >= 11 is 0. The molecule has 0 saturated heterocycles. The number of aliphatic hydroxyl groups excluding tert-OH is 1. The highest BCUT2D eigenvalue weighted by molar-refractivity contribution is 7.89. The largest absolute Gasteiger partial charge is 0.395 e. The normalized spacial score (nSPS) is 13.1. The van der Waals surface area contributed by atoms with Crippen molar-refractivity contribution in [3.8, 4) is 11.8 Å². The molecule has 1 rings (SSSR count). The lowest BCUT2D eigenvalue weighted by atomic mass is 10.1. The Labute approximate surface area is 127 Å². The van der Waals surface area contributed by atoms with Gasteiger partial charge in [0.15, 0.2) is 0 Å². The number of rotatable bonds is 5. The summed E-state index contributed by atoms with van der Waals surface area (Å²) in [5, 5.41) is 8.77. The third-order valence-corrected chi connectivity index (χ3v) is 5.54. The number of benzene rings is 1. The molecule has 0 saturated carbocycles. The smallest absolute Gasteiger partial charge is 0.244 e. The van der Waals surface area contributed by atoms with E-state index in [1.165, 1.54) is 4.31 Å². The highest BCUT2D eigenvalue weighted by atomic mass is 32.2. The van der Waals surface area contributed by atoms with Gasteiger partial charge in [-0.15, -0.1) is 0 Å². The van der Waals surface area contributed by atoms with Crippen LogP contribution in [0.15, 0.2) is 29.2 Å². The maximum atomic E-state index is 12.7. The van der Waals surface area contributed by atoms with Gasteiger partial charge >= 0.3 is 0 Å². The van der Waals surface area contributed by atoms with Crippen LogP contribution in [-0.4, -0.2) is 37.5 Å². The van der Waals surface area contributed by atoms with Crippen LogP contribution in [-0.2, 0) is 10.0 Å². The molecule has 1 aromatic rings. The third-order valence-electron chi connectivity index (χ3n) is 3.54. The van der Waals surface area contributed by atoms with Crippen molar-refractivity contribution in [2.45, 2.75) is 38.1 Å². The summed E-state index contributed by atoms with van der Waals surface area (Å²) in [4.78, 5) is 0.213. The number of aliphatic hydroxyl groups is 1. The summed E-state index contributed by atoms with van der Waals surface area (Å²) in [5.41, 5.74) is 0.466. The Morgan fingerprint density at radius 2 is 1.86 bits per heavy atom. The Morgan fingerprint density at radius 1 is 1.24 bits per heavy atom. The van der Waals surface area contributed by atoms with Crippen molar-refractivity contribution in [1.82, 2.24) is 4.31 Å². The molecule has 0 aromatic heterocycles. The molecule has 0 bridgehead atoms. The van der Waals surface area contributed by atoms with E-state index in [1.54, 1.807) is 31.3 Å². The van der Waals surface area contributed by atoms with Gasteiger partial charge in [0.2, 0.25) is 10.0 Å². The molecule has 0 aliphatic carbocycles. The first-order valence-electron chi connectivity index (χ1n) is 6.99. The number of nitrogens with zero attached hydrogens (tertiary/aromatic N) is 1. The summed E-state index contributed by atoms with van der Waals surface area (Å²) in [6.45, 7) is 5.84. The highest BCUT2D eigenvalue weighted by Gasteiger charge is 2.28. The zero-order chi connectivity index (χ0) is 16.0. The van der Waals surface area contributed by atoms with E-state index in [1.807, 2.05) is 20.8 Å². The number of hydrogen-bond acceptors (Lipinski definition) is 3. The second kappa shape index (κ2) is 7.60. The molecule has 116 valence electrons. The van der Waals surface area contributed by atoms with Gasteiger partial charge in [0.1, 0.15) is 0 Å². The number of sulfonamides is 1.